The van der Waals surface area contributed by atoms with Crippen LogP contribution in [0, 0.1) is 5.82 Å². The van der Waals surface area contributed by atoms with Gasteiger partial charge in [-0.3, -0.25) is 4.90 Å². The molecule has 4 heterocycles. The Morgan fingerprint density at radius 2 is 2.00 bits per heavy atom. The molecule has 0 bridgehead atoms. The highest BCUT2D eigenvalue weighted by molar-refractivity contribution is 5.89. The summed E-state index contributed by atoms with van der Waals surface area (Å²) in [7, 11) is 1.73. The normalized spacial score (nSPS) is 18.4. The molecular formula is C19H20FN7O2. The van der Waals surface area contributed by atoms with E-state index < -0.39 is 11.9 Å². The Morgan fingerprint density at radius 3 is 2.59 bits per heavy atom. The topological polar surface area (TPSA) is 81.3 Å². The van der Waals surface area contributed by atoms with Gasteiger partial charge in [-0.15, -0.1) is 5.10 Å². The molecule has 0 spiro atoms. The number of fused-ring (bicyclic) bond motifs is 1. The fourth-order valence-electron chi connectivity index (χ4n) is 3.79. The van der Waals surface area contributed by atoms with E-state index in [4.69, 9.17) is 4.74 Å². The van der Waals surface area contributed by atoms with Gasteiger partial charge in [-0.2, -0.15) is 4.80 Å². The van der Waals surface area contributed by atoms with Crippen LogP contribution in [0.3, 0.4) is 0 Å². The zero-order valence-electron chi connectivity index (χ0n) is 16.1. The number of nitrogens with zero attached hydrogens (tertiary/aromatic N) is 7. The number of cyclic esters (lactones) is 1. The summed E-state index contributed by atoms with van der Waals surface area (Å²) in [5, 5.41) is 12.1. The number of aromatic nitrogens is 5. The Morgan fingerprint density at radius 1 is 1.24 bits per heavy atom. The summed E-state index contributed by atoms with van der Waals surface area (Å²) in [4.78, 5) is 16.9. The van der Waals surface area contributed by atoms with E-state index in [0.29, 0.717) is 37.0 Å². The van der Waals surface area contributed by atoms with Crippen molar-refractivity contribution >= 4 is 17.7 Å². The van der Waals surface area contributed by atoms with Crippen LogP contribution in [0.25, 0.3) is 5.69 Å². The van der Waals surface area contributed by atoms with Gasteiger partial charge in [0.2, 0.25) is 0 Å². The maximum Gasteiger partial charge on any atom is 0.414 e. The lowest BCUT2D eigenvalue weighted by atomic mass is 10.2. The lowest BCUT2D eigenvalue weighted by molar-refractivity contribution is 0.139. The minimum atomic E-state index is -0.429. The Balaban J connectivity index is 1.36. The number of amides is 1. The molecule has 0 saturated carbocycles. The van der Waals surface area contributed by atoms with Crippen LogP contribution in [0.2, 0.25) is 0 Å². The van der Waals surface area contributed by atoms with E-state index in [1.807, 2.05) is 24.2 Å². The van der Waals surface area contributed by atoms with E-state index in [9.17, 15) is 9.18 Å². The Hall–Kier alpha value is -3.43. The molecule has 0 unspecified atom stereocenters. The molecule has 1 amide bonds. The van der Waals surface area contributed by atoms with Gasteiger partial charge in [0.1, 0.15) is 11.9 Å². The van der Waals surface area contributed by atoms with Crippen LogP contribution >= 0.6 is 0 Å². The van der Waals surface area contributed by atoms with Crippen LogP contribution in [0.1, 0.15) is 24.5 Å². The molecule has 2 aromatic heterocycles. The number of aryl methyl sites for hydroxylation is 1. The van der Waals surface area contributed by atoms with Crippen LogP contribution in [-0.2, 0) is 24.9 Å². The molecule has 2 aliphatic heterocycles. The molecule has 3 aromatic rings. The standard InChI is InChI=1S/C19H20FN7O2/c1-3-15-11-27(19(28)29-15)14-4-5-17(16(20)6-14)25-7-12-9-26(10-13(12)8-25)18-21-23-24(2)22-18/h4-8,15H,3,9-11H2,1-2H3/t15-/m0/s1. The van der Waals surface area contributed by atoms with E-state index in [0.717, 1.165) is 17.5 Å². The first kappa shape index (κ1) is 17.7. The van der Waals surface area contributed by atoms with Gasteiger partial charge in [0.25, 0.3) is 5.95 Å². The monoisotopic (exact) mass is 397 g/mol. The molecule has 29 heavy (non-hydrogen) atoms. The number of tetrazole rings is 1. The van der Waals surface area contributed by atoms with Crippen LogP contribution in [0.4, 0.5) is 20.8 Å². The number of halogens is 1. The smallest absolute Gasteiger partial charge is 0.414 e. The van der Waals surface area contributed by atoms with Gasteiger partial charge >= 0.3 is 6.09 Å². The minimum Gasteiger partial charge on any atom is -0.444 e. The molecule has 9 nitrogen and oxygen atoms in total. The number of benzene rings is 1. The Kier molecular flexibility index (Phi) is 4.00. The fraction of sp³-hybridized carbons (Fsp3) is 0.368. The molecule has 0 radical (unpaired) electrons. The van der Waals surface area contributed by atoms with Gasteiger partial charge < -0.3 is 14.2 Å². The van der Waals surface area contributed by atoms with Crippen molar-refractivity contribution in [3.05, 3.63) is 47.5 Å². The van der Waals surface area contributed by atoms with Gasteiger partial charge in [0.05, 0.1) is 25.0 Å². The number of anilines is 2. The number of rotatable bonds is 4. The predicted molar refractivity (Wildman–Crippen MR) is 102 cm³/mol. The SMILES string of the molecule is CC[C@H]1CN(c2ccc(-n3cc4c(c3)CN(c3nnn(C)n3)C4)c(F)c2)C(=O)O1. The van der Waals surface area contributed by atoms with Crippen LogP contribution in [0.15, 0.2) is 30.6 Å². The molecule has 10 heteroatoms. The van der Waals surface area contributed by atoms with E-state index in [2.05, 4.69) is 15.4 Å². The molecule has 1 aromatic carbocycles. The quantitative estimate of drug-likeness (QED) is 0.673. The van der Waals surface area contributed by atoms with Gasteiger partial charge in [0, 0.05) is 25.5 Å². The highest BCUT2D eigenvalue weighted by Gasteiger charge is 2.31. The van der Waals surface area contributed by atoms with Gasteiger partial charge in [-0.1, -0.05) is 12.0 Å². The summed E-state index contributed by atoms with van der Waals surface area (Å²) in [6.07, 6.45) is 3.99. The van der Waals surface area contributed by atoms with Crippen molar-refractivity contribution in [2.45, 2.75) is 32.5 Å². The molecule has 5 rings (SSSR count). The van der Waals surface area contributed by atoms with Crippen molar-refractivity contribution in [3.8, 4) is 5.69 Å². The van der Waals surface area contributed by atoms with Crippen molar-refractivity contribution in [2.24, 2.45) is 7.05 Å². The highest BCUT2D eigenvalue weighted by Crippen LogP contribution is 2.30. The van der Waals surface area contributed by atoms with E-state index in [1.165, 1.54) is 15.8 Å². The minimum absolute atomic E-state index is 0.149. The van der Waals surface area contributed by atoms with Gasteiger partial charge in [-0.25, -0.2) is 9.18 Å². The third-order valence-corrected chi connectivity index (χ3v) is 5.36. The first-order valence-corrected chi connectivity index (χ1v) is 9.48. The van der Waals surface area contributed by atoms with Crippen molar-refractivity contribution in [3.63, 3.8) is 0 Å². The van der Waals surface area contributed by atoms with E-state index in [-0.39, 0.29) is 6.10 Å². The Bertz CT molecular complexity index is 1070. The third-order valence-electron chi connectivity index (χ3n) is 5.36. The maximum atomic E-state index is 14.9. The van der Waals surface area contributed by atoms with Gasteiger partial charge in [0.15, 0.2) is 0 Å². The molecule has 1 fully saturated rings. The summed E-state index contributed by atoms with van der Waals surface area (Å²) >= 11 is 0. The van der Waals surface area contributed by atoms with E-state index >= 15 is 0 Å². The maximum absolute atomic E-state index is 14.9. The van der Waals surface area contributed by atoms with Crippen molar-refractivity contribution < 1.29 is 13.9 Å². The van der Waals surface area contributed by atoms with Crippen molar-refractivity contribution in [1.29, 1.82) is 0 Å². The number of carbonyl (C=O) groups excluding carboxylic acids is 1. The number of ether oxygens (including phenoxy) is 1. The van der Waals surface area contributed by atoms with Crippen molar-refractivity contribution in [2.75, 3.05) is 16.3 Å². The summed E-state index contributed by atoms with van der Waals surface area (Å²) in [5.41, 5.74) is 3.13. The van der Waals surface area contributed by atoms with E-state index in [1.54, 1.807) is 23.7 Å². The second-order valence-electron chi connectivity index (χ2n) is 7.31. The first-order valence-electron chi connectivity index (χ1n) is 9.48. The van der Waals surface area contributed by atoms with Crippen LogP contribution in [0.5, 0.6) is 0 Å². The molecule has 0 aliphatic carbocycles. The second kappa shape index (κ2) is 6.57. The number of hydrogen-bond donors (Lipinski definition) is 0. The zero-order chi connectivity index (χ0) is 20.1. The van der Waals surface area contributed by atoms with Crippen LogP contribution < -0.4 is 9.80 Å². The molecule has 0 N–H and O–H groups in total. The molecular weight excluding hydrogens is 377 g/mol. The highest BCUT2D eigenvalue weighted by atomic mass is 19.1. The third kappa shape index (κ3) is 3.00. The predicted octanol–water partition coefficient (Wildman–Crippen LogP) is 2.40. The average molecular weight is 397 g/mol. The summed E-state index contributed by atoms with van der Waals surface area (Å²) < 4.78 is 21.9. The molecule has 2 aliphatic rings. The van der Waals surface area contributed by atoms with Crippen LogP contribution in [-0.4, -0.2) is 43.5 Å². The summed E-state index contributed by atoms with van der Waals surface area (Å²) in [5.74, 6) is 0.185. The van der Waals surface area contributed by atoms with Crippen molar-refractivity contribution in [1.82, 2.24) is 24.8 Å². The number of carbonyl (C=O) groups is 1. The lowest BCUT2D eigenvalue weighted by Crippen LogP contribution is -2.24. The van der Waals surface area contributed by atoms with Gasteiger partial charge in [-0.05, 0) is 41.0 Å². The zero-order valence-corrected chi connectivity index (χ0v) is 16.1. The molecule has 1 saturated heterocycles. The Labute approximate surface area is 166 Å². The summed E-state index contributed by atoms with van der Waals surface area (Å²) in [6.45, 7) is 3.69. The number of hydrogen-bond acceptors (Lipinski definition) is 6. The lowest BCUT2D eigenvalue weighted by Gasteiger charge is -2.15. The summed E-state index contributed by atoms with van der Waals surface area (Å²) in [6, 6.07) is 4.82. The average Bonchev–Trinajstić information content (AvgIpc) is 3.44. The fourth-order valence-corrected chi connectivity index (χ4v) is 3.79. The molecule has 1 atom stereocenters. The largest absolute Gasteiger partial charge is 0.444 e. The first-order chi connectivity index (χ1) is 14.0. The molecule has 150 valence electrons. The second-order valence-corrected chi connectivity index (χ2v) is 7.31.